The zero-order valence-corrected chi connectivity index (χ0v) is 12.1. The third-order valence-corrected chi connectivity index (χ3v) is 3.64. The molecule has 7 nitrogen and oxygen atoms in total. The molecule has 0 radical (unpaired) electrons. The minimum absolute atomic E-state index is 0.138. The fraction of sp³-hybridized carbons (Fsp3) is 0.692. The Labute approximate surface area is 118 Å². The van der Waals surface area contributed by atoms with Gasteiger partial charge in [0, 0.05) is 13.1 Å². The van der Waals surface area contributed by atoms with Crippen molar-refractivity contribution in [3.8, 4) is 0 Å². The summed E-state index contributed by atoms with van der Waals surface area (Å²) in [5, 5.41) is 12.2. The van der Waals surface area contributed by atoms with Crippen LogP contribution in [0, 0.1) is 5.41 Å². The lowest BCUT2D eigenvalue weighted by Gasteiger charge is -2.47. The number of aryl methyl sites for hydroxylation is 1. The van der Waals surface area contributed by atoms with Gasteiger partial charge in [-0.3, -0.25) is 9.69 Å². The maximum absolute atomic E-state index is 11.9. The Bertz CT molecular complexity index is 479. The van der Waals surface area contributed by atoms with Gasteiger partial charge >= 0.3 is 5.97 Å². The first-order valence-corrected chi connectivity index (χ1v) is 6.82. The highest BCUT2D eigenvalue weighted by molar-refractivity contribution is 5.78. The molecule has 2 heterocycles. The summed E-state index contributed by atoms with van der Waals surface area (Å²) in [7, 11) is 1.44. The minimum Gasteiger partial charge on any atom is -0.469 e. The number of rotatable bonds is 7. The number of tetrazole rings is 1. The van der Waals surface area contributed by atoms with Gasteiger partial charge in [0.05, 0.1) is 25.6 Å². The van der Waals surface area contributed by atoms with E-state index >= 15 is 0 Å². The number of hydrogen-bond donors (Lipinski definition) is 0. The third-order valence-electron chi connectivity index (χ3n) is 3.64. The van der Waals surface area contributed by atoms with Crippen LogP contribution in [-0.2, 0) is 22.6 Å². The molecule has 0 aliphatic carbocycles. The topological polar surface area (TPSA) is 73.1 Å². The number of nitrogens with zero attached hydrogens (tertiary/aromatic N) is 5. The van der Waals surface area contributed by atoms with Gasteiger partial charge in [0.15, 0.2) is 5.82 Å². The van der Waals surface area contributed by atoms with E-state index in [1.807, 2.05) is 13.0 Å². The second-order valence-electron chi connectivity index (χ2n) is 5.14. The number of esters is 1. The van der Waals surface area contributed by atoms with Crippen LogP contribution in [0.15, 0.2) is 12.7 Å². The molecule has 0 amide bonds. The van der Waals surface area contributed by atoms with Crippen LogP contribution in [0.1, 0.15) is 25.6 Å². The summed E-state index contributed by atoms with van der Waals surface area (Å²) in [6.07, 6.45) is 3.42. The van der Waals surface area contributed by atoms with E-state index in [2.05, 4.69) is 26.9 Å². The lowest BCUT2D eigenvalue weighted by atomic mass is 9.76. The zero-order valence-electron chi connectivity index (χ0n) is 12.1. The number of carbonyl (C=O) groups is 1. The van der Waals surface area contributed by atoms with Crippen LogP contribution in [0.25, 0.3) is 0 Å². The molecule has 0 atom stereocenters. The number of ether oxygens (including phenoxy) is 1. The molecule has 0 bridgehead atoms. The summed E-state index contributed by atoms with van der Waals surface area (Å²) in [6.45, 7) is 8.35. The van der Waals surface area contributed by atoms with Gasteiger partial charge in [-0.15, -0.1) is 16.8 Å². The molecule has 110 valence electrons. The fourth-order valence-electron chi connectivity index (χ4n) is 2.58. The Morgan fingerprint density at radius 3 is 2.85 bits per heavy atom. The largest absolute Gasteiger partial charge is 0.469 e. The molecule has 1 aliphatic heterocycles. The molecule has 1 fully saturated rings. The zero-order chi connectivity index (χ0) is 14.6. The second kappa shape index (κ2) is 6.13. The second-order valence-corrected chi connectivity index (χ2v) is 5.14. The highest BCUT2D eigenvalue weighted by atomic mass is 16.5. The van der Waals surface area contributed by atoms with E-state index in [0.717, 1.165) is 12.8 Å². The van der Waals surface area contributed by atoms with Gasteiger partial charge in [-0.25, -0.2) is 0 Å². The number of likely N-dealkylation sites (tertiary alicyclic amines) is 1. The predicted molar refractivity (Wildman–Crippen MR) is 72.6 cm³/mol. The smallest absolute Gasteiger partial charge is 0.314 e. The molecule has 20 heavy (non-hydrogen) atoms. The summed E-state index contributed by atoms with van der Waals surface area (Å²) in [6, 6.07) is 0. The summed E-state index contributed by atoms with van der Waals surface area (Å²) in [5.74, 6) is 0.551. The number of allylic oxidation sites excluding steroid dienone is 1. The van der Waals surface area contributed by atoms with Gasteiger partial charge in [0.1, 0.15) is 0 Å². The van der Waals surface area contributed by atoms with Crippen molar-refractivity contribution in [3.05, 3.63) is 18.5 Å². The normalized spacial score (nSPS) is 17.5. The molecule has 0 saturated carbocycles. The quantitative estimate of drug-likeness (QED) is 0.538. The molecule has 7 heteroatoms. The van der Waals surface area contributed by atoms with Gasteiger partial charge in [0.25, 0.3) is 0 Å². The number of hydrogen-bond acceptors (Lipinski definition) is 6. The monoisotopic (exact) mass is 279 g/mol. The van der Waals surface area contributed by atoms with E-state index in [9.17, 15) is 4.79 Å². The first-order chi connectivity index (χ1) is 9.63. The summed E-state index contributed by atoms with van der Waals surface area (Å²) in [5.41, 5.74) is -0.399. The number of methoxy groups -OCH3 is 1. The molecule has 0 aromatic carbocycles. The van der Waals surface area contributed by atoms with E-state index in [0.29, 0.717) is 32.0 Å². The van der Waals surface area contributed by atoms with Crippen LogP contribution < -0.4 is 0 Å². The molecule has 1 aromatic rings. The lowest BCUT2D eigenvalue weighted by Crippen LogP contribution is -2.60. The Morgan fingerprint density at radius 2 is 2.30 bits per heavy atom. The molecule has 0 unspecified atom stereocenters. The van der Waals surface area contributed by atoms with Crippen LogP contribution in [0.2, 0.25) is 0 Å². The average Bonchev–Trinajstić information content (AvgIpc) is 2.88. The number of carbonyl (C=O) groups excluding carboxylic acids is 1. The highest BCUT2D eigenvalue weighted by Gasteiger charge is 2.49. The first kappa shape index (κ1) is 14.6. The standard InChI is InChI=1S/C13H21N5O2/c1-4-6-7-13(12(19)20-3)9-17(10-13)8-11-14-16-18(5-2)15-11/h4H,1,5-10H2,2-3H3. The van der Waals surface area contributed by atoms with Crippen molar-refractivity contribution in [2.45, 2.75) is 32.9 Å². The van der Waals surface area contributed by atoms with E-state index in [1.54, 1.807) is 4.80 Å². The number of aromatic nitrogens is 4. The van der Waals surface area contributed by atoms with Crippen molar-refractivity contribution in [2.24, 2.45) is 5.41 Å². The summed E-state index contributed by atoms with van der Waals surface area (Å²) in [4.78, 5) is 15.6. The van der Waals surface area contributed by atoms with E-state index in [1.165, 1.54) is 7.11 Å². The Balaban J connectivity index is 1.92. The van der Waals surface area contributed by atoms with Gasteiger partial charge in [-0.1, -0.05) is 6.08 Å². The first-order valence-electron chi connectivity index (χ1n) is 6.82. The average molecular weight is 279 g/mol. The molecule has 0 spiro atoms. The maximum atomic E-state index is 11.9. The van der Waals surface area contributed by atoms with Crippen LogP contribution in [0.4, 0.5) is 0 Å². The lowest BCUT2D eigenvalue weighted by molar-refractivity contribution is -0.166. The van der Waals surface area contributed by atoms with Crippen molar-refractivity contribution in [1.82, 2.24) is 25.1 Å². The summed E-state index contributed by atoms with van der Waals surface area (Å²) >= 11 is 0. The minimum atomic E-state index is -0.399. The third kappa shape index (κ3) is 2.87. The van der Waals surface area contributed by atoms with Crippen LogP contribution in [-0.4, -0.2) is 51.3 Å². The van der Waals surface area contributed by atoms with Crippen LogP contribution in [0.3, 0.4) is 0 Å². The van der Waals surface area contributed by atoms with Gasteiger partial charge < -0.3 is 4.74 Å². The van der Waals surface area contributed by atoms with Crippen molar-refractivity contribution in [3.63, 3.8) is 0 Å². The molecular formula is C13H21N5O2. The van der Waals surface area contributed by atoms with E-state index < -0.39 is 5.41 Å². The van der Waals surface area contributed by atoms with Crippen molar-refractivity contribution < 1.29 is 9.53 Å². The molecule has 1 aliphatic rings. The highest BCUT2D eigenvalue weighted by Crippen LogP contribution is 2.37. The Morgan fingerprint density at radius 1 is 1.55 bits per heavy atom. The maximum Gasteiger partial charge on any atom is 0.314 e. The van der Waals surface area contributed by atoms with Gasteiger partial charge in [0.2, 0.25) is 0 Å². The van der Waals surface area contributed by atoms with Gasteiger partial charge in [-0.05, 0) is 25.0 Å². The predicted octanol–water partition coefficient (Wildman–Crippen LogP) is 0.634. The van der Waals surface area contributed by atoms with Gasteiger partial charge in [-0.2, -0.15) is 4.80 Å². The van der Waals surface area contributed by atoms with Crippen LogP contribution >= 0.6 is 0 Å². The van der Waals surface area contributed by atoms with Crippen molar-refractivity contribution >= 4 is 5.97 Å². The molecule has 0 N–H and O–H groups in total. The molecule has 1 saturated heterocycles. The molecule has 1 aromatic heterocycles. The molecule has 2 rings (SSSR count). The van der Waals surface area contributed by atoms with Crippen molar-refractivity contribution in [2.75, 3.05) is 20.2 Å². The summed E-state index contributed by atoms with van der Waals surface area (Å²) < 4.78 is 4.93. The molecular weight excluding hydrogens is 258 g/mol. The fourth-order valence-corrected chi connectivity index (χ4v) is 2.58. The van der Waals surface area contributed by atoms with E-state index in [4.69, 9.17) is 4.74 Å². The Kier molecular flexibility index (Phi) is 4.49. The SMILES string of the molecule is C=CCCC1(C(=O)OC)CN(Cc2nnn(CC)n2)C1. The van der Waals surface area contributed by atoms with Crippen molar-refractivity contribution in [1.29, 1.82) is 0 Å². The van der Waals surface area contributed by atoms with E-state index in [-0.39, 0.29) is 5.97 Å². The van der Waals surface area contributed by atoms with Crippen LogP contribution in [0.5, 0.6) is 0 Å². The Hall–Kier alpha value is -1.76.